The first-order valence-corrected chi connectivity index (χ1v) is 6.05. The van der Waals surface area contributed by atoms with E-state index in [9.17, 15) is 13.2 Å². The van der Waals surface area contributed by atoms with Crippen molar-refractivity contribution in [1.82, 2.24) is 0 Å². The molecule has 0 aliphatic rings. The Morgan fingerprint density at radius 2 is 0.889 bits per heavy atom. The molecule has 0 saturated carbocycles. The minimum absolute atomic E-state index is 0.290. The van der Waals surface area contributed by atoms with Gasteiger partial charge in [-0.2, -0.15) is 13.2 Å². The third-order valence-electron chi connectivity index (χ3n) is 2.99. The average molecular weight is 258 g/mol. The Morgan fingerprint density at radius 3 is 1.11 bits per heavy atom. The molecule has 1 rings (SSSR count). The van der Waals surface area contributed by atoms with Crippen LogP contribution in [0.4, 0.5) is 13.2 Å². The molecule has 0 unspecified atom stereocenters. The quantitative estimate of drug-likeness (QED) is 0.592. The van der Waals surface area contributed by atoms with E-state index in [2.05, 4.69) is 0 Å². The molecule has 0 fully saturated rings. The smallest absolute Gasteiger partial charge is 0.166 e. The molecule has 1 aromatic rings. The van der Waals surface area contributed by atoms with Crippen LogP contribution in [0.5, 0.6) is 0 Å². The van der Waals surface area contributed by atoms with Gasteiger partial charge >= 0.3 is 6.18 Å². The lowest BCUT2D eigenvalue weighted by Crippen LogP contribution is -2.19. The van der Waals surface area contributed by atoms with Crippen molar-refractivity contribution < 1.29 is 13.2 Å². The van der Waals surface area contributed by atoms with Crippen LogP contribution in [0.3, 0.4) is 0 Å². The van der Waals surface area contributed by atoms with Crippen LogP contribution in [-0.2, 0) is 17.0 Å². The van der Waals surface area contributed by atoms with Crippen LogP contribution in [0.15, 0.2) is 18.2 Å². The Bertz CT molecular complexity index is 350. The highest BCUT2D eigenvalue weighted by Gasteiger charge is 2.33. The molecule has 0 saturated heterocycles. The molecule has 0 atom stereocenters. The van der Waals surface area contributed by atoms with Gasteiger partial charge < -0.3 is 0 Å². The molecular formula is C15H21F3. The van der Waals surface area contributed by atoms with Gasteiger partial charge in [-0.1, -0.05) is 47.6 Å². The standard InChI is InChI=1S/C15H21F3/c1-13(2,3)10-7-11(14(4,5)6)9-12(8-10)15(16,17)18/h7-9H,1-6H3. The highest BCUT2D eigenvalue weighted by Crippen LogP contribution is 2.36. The summed E-state index contributed by atoms with van der Waals surface area (Å²) in [7, 11) is 0. The first-order chi connectivity index (χ1) is 7.82. The highest BCUT2D eigenvalue weighted by molar-refractivity contribution is 5.38. The van der Waals surface area contributed by atoms with Gasteiger partial charge in [0.15, 0.2) is 0 Å². The van der Waals surface area contributed by atoms with Crippen LogP contribution in [0.25, 0.3) is 0 Å². The molecule has 18 heavy (non-hydrogen) atoms. The maximum atomic E-state index is 12.9. The molecule has 0 aromatic heterocycles. The molecule has 0 heterocycles. The summed E-state index contributed by atoms with van der Waals surface area (Å²) in [6.45, 7) is 11.6. The van der Waals surface area contributed by atoms with E-state index >= 15 is 0 Å². The molecule has 0 N–H and O–H groups in total. The second kappa shape index (κ2) is 4.29. The van der Waals surface area contributed by atoms with Crippen molar-refractivity contribution in [3.63, 3.8) is 0 Å². The molecule has 1 aromatic carbocycles. The fourth-order valence-corrected chi connectivity index (χ4v) is 1.66. The van der Waals surface area contributed by atoms with Crippen molar-refractivity contribution in [3.8, 4) is 0 Å². The molecule has 0 aliphatic heterocycles. The molecule has 3 heteroatoms. The van der Waals surface area contributed by atoms with Gasteiger partial charge in [0.1, 0.15) is 0 Å². The molecule has 0 nitrogen and oxygen atoms in total. The van der Waals surface area contributed by atoms with Gasteiger partial charge in [0, 0.05) is 0 Å². The maximum absolute atomic E-state index is 12.9. The van der Waals surface area contributed by atoms with Crippen molar-refractivity contribution in [3.05, 3.63) is 34.9 Å². The minimum Gasteiger partial charge on any atom is -0.166 e. The minimum atomic E-state index is -4.29. The summed E-state index contributed by atoms with van der Waals surface area (Å²) in [5, 5.41) is 0. The van der Waals surface area contributed by atoms with Gasteiger partial charge in [-0.25, -0.2) is 0 Å². The third-order valence-corrected chi connectivity index (χ3v) is 2.99. The van der Waals surface area contributed by atoms with Crippen LogP contribution in [0.1, 0.15) is 58.2 Å². The van der Waals surface area contributed by atoms with Gasteiger partial charge in [0.2, 0.25) is 0 Å². The van der Waals surface area contributed by atoms with Crippen molar-refractivity contribution >= 4 is 0 Å². The van der Waals surface area contributed by atoms with Crippen molar-refractivity contribution in [1.29, 1.82) is 0 Å². The summed E-state index contributed by atoms with van der Waals surface area (Å²) in [6.07, 6.45) is -4.29. The summed E-state index contributed by atoms with van der Waals surface area (Å²) < 4.78 is 38.8. The fourth-order valence-electron chi connectivity index (χ4n) is 1.66. The summed E-state index contributed by atoms with van der Waals surface area (Å²) in [5.41, 5.74) is 0.312. The van der Waals surface area contributed by atoms with E-state index in [0.717, 1.165) is 11.1 Å². The number of rotatable bonds is 0. The normalized spacial score (nSPS) is 13.8. The van der Waals surface area contributed by atoms with Crippen molar-refractivity contribution in [2.24, 2.45) is 0 Å². The number of hydrogen-bond acceptors (Lipinski definition) is 0. The van der Waals surface area contributed by atoms with E-state index in [0.29, 0.717) is 0 Å². The third kappa shape index (κ3) is 3.50. The van der Waals surface area contributed by atoms with Gasteiger partial charge in [0.25, 0.3) is 0 Å². The summed E-state index contributed by atoms with van der Waals surface area (Å²) in [6, 6.07) is 4.40. The molecule has 0 aliphatic carbocycles. The van der Waals surface area contributed by atoms with Crippen LogP contribution in [-0.4, -0.2) is 0 Å². The monoisotopic (exact) mass is 258 g/mol. The zero-order valence-corrected chi connectivity index (χ0v) is 11.9. The zero-order chi connectivity index (χ0) is 14.4. The predicted molar refractivity (Wildman–Crippen MR) is 68.8 cm³/mol. The van der Waals surface area contributed by atoms with Gasteiger partial charge in [0.05, 0.1) is 5.56 Å². The number of benzene rings is 1. The van der Waals surface area contributed by atoms with Crippen LogP contribution >= 0.6 is 0 Å². The lowest BCUT2D eigenvalue weighted by Gasteiger charge is -2.26. The lowest BCUT2D eigenvalue weighted by atomic mass is 9.79. The largest absolute Gasteiger partial charge is 0.416 e. The molecule has 0 bridgehead atoms. The van der Waals surface area contributed by atoms with Gasteiger partial charge in [-0.3, -0.25) is 0 Å². The molecule has 0 spiro atoms. The number of alkyl halides is 3. The van der Waals surface area contributed by atoms with Crippen LogP contribution in [0, 0.1) is 0 Å². The fraction of sp³-hybridized carbons (Fsp3) is 0.600. The maximum Gasteiger partial charge on any atom is 0.416 e. The second-order valence-corrected chi connectivity index (χ2v) is 6.80. The Morgan fingerprint density at radius 1 is 0.611 bits per heavy atom. The Balaban J connectivity index is 3.49. The summed E-state index contributed by atoms with van der Waals surface area (Å²) >= 11 is 0. The van der Waals surface area contributed by atoms with Crippen molar-refractivity contribution in [2.45, 2.75) is 58.5 Å². The van der Waals surface area contributed by atoms with E-state index in [1.165, 1.54) is 12.1 Å². The van der Waals surface area contributed by atoms with E-state index < -0.39 is 11.7 Å². The molecule has 102 valence electrons. The van der Waals surface area contributed by atoms with Crippen LogP contribution in [0.2, 0.25) is 0 Å². The SMILES string of the molecule is CC(C)(C)c1cc(C(C)(C)C)cc(C(F)(F)F)c1. The summed E-state index contributed by atoms with van der Waals surface area (Å²) in [5.74, 6) is 0. The van der Waals surface area contributed by atoms with Crippen molar-refractivity contribution in [2.75, 3.05) is 0 Å². The second-order valence-electron chi connectivity index (χ2n) is 6.80. The van der Waals surface area contributed by atoms with E-state index in [1.54, 1.807) is 0 Å². The topological polar surface area (TPSA) is 0 Å². The van der Waals surface area contributed by atoms with E-state index in [4.69, 9.17) is 0 Å². The Kier molecular flexibility index (Phi) is 3.59. The number of halogens is 3. The van der Waals surface area contributed by atoms with E-state index in [1.807, 2.05) is 47.6 Å². The highest BCUT2D eigenvalue weighted by atomic mass is 19.4. The predicted octanol–water partition coefficient (Wildman–Crippen LogP) is 5.30. The average Bonchev–Trinajstić information content (AvgIpc) is 2.13. The molecule has 0 amide bonds. The van der Waals surface area contributed by atoms with E-state index in [-0.39, 0.29) is 10.8 Å². The lowest BCUT2D eigenvalue weighted by molar-refractivity contribution is -0.137. The van der Waals surface area contributed by atoms with Gasteiger partial charge in [-0.05, 0) is 34.1 Å². The van der Waals surface area contributed by atoms with Gasteiger partial charge in [-0.15, -0.1) is 0 Å². The zero-order valence-electron chi connectivity index (χ0n) is 11.9. The first-order valence-electron chi connectivity index (χ1n) is 6.05. The Labute approximate surface area is 107 Å². The summed E-state index contributed by atoms with van der Waals surface area (Å²) in [4.78, 5) is 0. The number of hydrogen-bond donors (Lipinski definition) is 0. The first kappa shape index (κ1) is 15.1. The molecule has 0 radical (unpaired) electrons. The van der Waals surface area contributed by atoms with Crippen LogP contribution < -0.4 is 0 Å². The Hall–Kier alpha value is -0.990. The molecular weight excluding hydrogens is 237 g/mol.